The number of halogens is 1. The SMILES string of the molecule is C=C(C)C(=O)NCCC[N+](C)(C)C.Cl.NC(=O)/C=C/c1ccccc1. The molecule has 0 bridgehead atoms. The van der Waals surface area contributed by atoms with E-state index in [-0.39, 0.29) is 18.3 Å². The fourth-order valence-corrected chi connectivity index (χ4v) is 1.65. The highest BCUT2D eigenvalue weighted by Gasteiger charge is 2.06. The number of hydrogen-bond acceptors (Lipinski definition) is 2. The number of rotatable bonds is 7. The second-order valence-corrected chi connectivity index (χ2v) is 6.55. The van der Waals surface area contributed by atoms with Gasteiger partial charge in [0.2, 0.25) is 11.8 Å². The molecule has 1 aromatic carbocycles. The fourth-order valence-electron chi connectivity index (χ4n) is 1.65. The van der Waals surface area contributed by atoms with E-state index in [1.54, 1.807) is 13.0 Å². The molecule has 0 aliphatic carbocycles. The van der Waals surface area contributed by atoms with Crippen LogP contribution in [0.15, 0.2) is 48.6 Å². The van der Waals surface area contributed by atoms with Gasteiger partial charge in [0.1, 0.15) is 0 Å². The Hall–Kier alpha value is -2.11. The van der Waals surface area contributed by atoms with Gasteiger partial charge in [-0.05, 0) is 18.6 Å². The summed E-state index contributed by atoms with van der Waals surface area (Å²) in [5.41, 5.74) is 6.47. The molecule has 0 spiro atoms. The quantitative estimate of drug-likeness (QED) is 0.440. The Morgan fingerprint density at radius 2 is 1.76 bits per heavy atom. The first-order chi connectivity index (χ1) is 11.1. The zero-order chi connectivity index (χ0) is 18.6. The molecule has 0 aromatic heterocycles. The van der Waals surface area contributed by atoms with Gasteiger partial charge in [-0.15, -0.1) is 12.4 Å². The number of quaternary nitrogens is 1. The maximum Gasteiger partial charge on any atom is 0.246 e. The van der Waals surface area contributed by atoms with Crippen LogP contribution in [0.5, 0.6) is 0 Å². The third kappa shape index (κ3) is 16.5. The first-order valence-electron chi connectivity index (χ1n) is 7.88. The minimum absolute atomic E-state index is 0. The Morgan fingerprint density at radius 1 is 1.20 bits per heavy atom. The van der Waals surface area contributed by atoms with E-state index < -0.39 is 5.91 Å². The normalized spacial score (nSPS) is 10.2. The molecular formula is C19H31ClN3O2+. The van der Waals surface area contributed by atoms with Crippen LogP contribution in [-0.4, -0.2) is 50.5 Å². The number of amides is 2. The summed E-state index contributed by atoms with van der Waals surface area (Å²) in [5, 5.41) is 2.81. The Bertz CT molecular complexity index is 564. The zero-order valence-corrected chi connectivity index (χ0v) is 16.4. The summed E-state index contributed by atoms with van der Waals surface area (Å²) in [6.45, 7) is 7.09. The molecule has 0 aliphatic rings. The number of carbonyl (C=O) groups is 2. The molecule has 25 heavy (non-hydrogen) atoms. The van der Waals surface area contributed by atoms with Gasteiger partial charge in [-0.3, -0.25) is 9.59 Å². The van der Waals surface area contributed by atoms with E-state index in [0.29, 0.717) is 5.57 Å². The van der Waals surface area contributed by atoms with Gasteiger partial charge in [-0.2, -0.15) is 0 Å². The van der Waals surface area contributed by atoms with Gasteiger partial charge >= 0.3 is 0 Å². The van der Waals surface area contributed by atoms with Crippen molar-refractivity contribution in [1.82, 2.24) is 5.32 Å². The van der Waals surface area contributed by atoms with Crippen LogP contribution < -0.4 is 11.1 Å². The molecule has 2 amide bonds. The molecular weight excluding hydrogens is 338 g/mol. The van der Waals surface area contributed by atoms with Crippen LogP contribution >= 0.6 is 12.4 Å². The summed E-state index contributed by atoms with van der Waals surface area (Å²) >= 11 is 0. The van der Waals surface area contributed by atoms with E-state index in [1.807, 2.05) is 30.3 Å². The van der Waals surface area contributed by atoms with E-state index in [1.165, 1.54) is 6.08 Å². The average Bonchev–Trinajstić information content (AvgIpc) is 2.50. The lowest BCUT2D eigenvalue weighted by molar-refractivity contribution is -0.870. The molecule has 140 valence electrons. The molecule has 5 nitrogen and oxygen atoms in total. The molecule has 0 unspecified atom stereocenters. The predicted octanol–water partition coefficient (Wildman–Crippen LogP) is 2.38. The Labute approximate surface area is 157 Å². The summed E-state index contributed by atoms with van der Waals surface area (Å²) in [6.07, 6.45) is 4.03. The van der Waals surface area contributed by atoms with Gasteiger partial charge in [0, 0.05) is 24.6 Å². The summed E-state index contributed by atoms with van der Waals surface area (Å²) < 4.78 is 0.933. The molecule has 0 fully saturated rings. The topological polar surface area (TPSA) is 72.2 Å². The molecule has 0 saturated heterocycles. The molecule has 1 aromatic rings. The Morgan fingerprint density at radius 3 is 2.20 bits per heavy atom. The molecule has 0 atom stereocenters. The van der Waals surface area contributed by atoms with Gasteiger partial charge < -0.3 is 15.5 Å². The van der Waals surface area contributed by atoms with Crippen molar-refractivity contribution < 1.29 is 14.1 Å². The highest BCUT2D eigenvalue weighted by atomic mass is 35.5. The summed E-state index contributed by atoms with van der Waals surface area (Å²) in [6, 6.07) is 9.53. The van der Waals surface area contributed by atoms with E-state index in [0.717, 1.165) is 29.6 Å². The van der Waals surface area contributed by atoms with E-state index in [9.17, 15) is 9.59 Å². The molecule has 1 rings (SSSR count). The molecule has 0 heterocycles. The maximum absolute atomic E-state index is 11.1. The van der Waals surface area contributed by atoms with Gasteiger partial charge in [0.05, 0.1) is 27.7 Å². The average molecular weight is 369 g/mol. The molecule has 0 radical (unpaired) electrons. The van der Waals surface area contributed by atoms with E-state index >= 15 is 0 Å². The fraction of sp³-hybridized carbons (Fsp3) is 0.368. The van der Waals surface area contributed by atoms with Gasteiger partial charge in [0.25, 0.3) is 0 Å². The molecule has 0 saturated carbocycles. The van der Waals surface area contributed by atoms with Crippen LogP contribution in [0.2, 0.25) is 0 Å². The second kappa shape index (κ2) is 13.2. The first kappa shape index (κ1) is 25.1. The van der Waals surface area contributed by atoms with Crippen molar-refractivity contribution >= 4 is 30.3 Å². The van der Waals surface area contributed by atoms with Gasteiger partial charge in [-0.25, -0.2) is 0 Å². The monoisotopic (exact) mass is 368 g/mol. The van der Waals surface area contributed by atoms with Crippen molar-refractivity contribution in [2.75, 3.05) is 34.2 Å². The second-order valence-electron chi connectivity index (χ2n) is 6.55. The van der Waals surface area contributed by atoms with Crippen molar-refractivity contribution in [3.63, 3.8) is 0 Å². The lowest BCUT2D eigenvalue weighted by Crippen LogP contribution is -2.37. The number of nitrogens with one attached hydrogen (secondary N) is 1. The summed E-state index contributed by atoms with van der Waals surface area (Å²) in [7, 11) is 6.42. The Balaban J connectivity index is 0. The number of benzene rings is 1. The van der Waals surface area contributed by atoms with Crippen LogP contribution in [0.3, 0.4) is 0 Å². The lowest BCUT2D eigenvalue weighted by Gasteiger charge is -2.23. The number of nitrogens with two attached hydrogens (primary N) is 1. The smallest absolute Gasteiger partial charge is 0.246 e. The van der Waals surface area contributed by atoms with Crippen molar-refractivity contribution in [2.45, 2.75) is 13.3 Å². The zero-order valence-electron chi connectivity index (χ0n) is 15.6. The minimum Gasteiger partial charge on any atom is -0.366 e. The number of primary amides is 1. The first-order valence-corrected chi connectivity index (χ1v) is 7.88. The van der Waals surface area contributed by atoms with Crippen LogP contribution in [0.25, 0.3) is 6.08 Å². The predicted molar refractivity (Wildman–Crippen MR) is 107 cm³/mol. The number of carbonyl (C=O) groups excluding carboxylic acids is 2. The van der Waals surface area contributed by atoms with Crippen LogP contribution in [-0.2, 0) is 9.59 Å². The Kier molecular flexibility index (Phi) is 13.3. The van der Waals surface area contributed by atoms with Crippen molar-refractivity contribution in [1.29, 1.82) is 0 Å². The number of hydrogen-bond donors (Lipinski definition) is 2. The molecule has 6 heteroatoms. The number of nitrogens with zero attached hydrogens (tertiary/aromatic N) is 1. The molecule has 0 aliphatic heterocycles. The minimum atomic E-state index is -0.422. The van der Waals surface area contributed by atoms with Crippen LogP contribution in [0.4, 0.5) is 0 Å². The molecule has 3 N–H and O–H groups in total. The summed E-state index contributed by atoms with van der Waals surface area (Å²) in [5.74, 6) is -0.463. The van der Waals surface area contributed by atoms with Gasteiger partial charge in [-0.1, -0.05) is 36.9 Å². The highest BCUT2D eigenvalue weighted by Crippen LogP contribution is 1.99. The van der Waals surface area contributed by atoms with Gasteiger partial charge in [0.15, 0.2) is 0 Å². The lowest BCUT2D eigenvalue weighted by atomic mass is 10.2. The standard InChI is InChI=1S/C10H20N2O.C9H9NO.ClH/c1-9(2)10(13)11-7-6-8-12(3,4)5;10-9(11)7-6-8-4-2-1-3-5-8;/h1,6-8H2,2-5H3;1-7H,(H2,10,11);1H/p+1/b;7-6+;. The third-order valence-corrected chi connectivity index (χ3v) is 2.92. The third-order valence-electron chi connectivity index (χ3n) is 2.92. The van der Waals surface area contributed by atoms with E-state index in [4.69, 9.17) is 5.73 Å². The largest absolute Gasteiger partial charge is 0.366 e. The van der Waals surface area contributed by atoms with Crippen LogP contribution in [0, 0.1) is 0 Å². The van der Waals surface area contributed by atoms with Crippen LogP contribution in [0.1, 0.15) is 18.9 Å². The van der Waals surface area contributed by atoms with E-state index in [2.05, 4.69) is 33.0 Å². The van der Waals surface area contributed by atoms with Crippen molar-refractivity contribution in [2.24, 2.45) is 5.73 Å². The van der Waals surface area contributed by atoms with Crippen molar-refractivity contribution in [3.05, 3.63) is 54.1 Å². The highest BCUT2D eigenvalue weighted by molar-refractivity contribution is 5.92. The summed E-state index contributed by atoms with van der Waals surface area (Å²) in [4.78, 5) is 21.4. The maximum atomic E-state index is 11.1. The van der Waals surface area contributed by atoms with Crippen molar-refractivity contribution in [3.8, 4) is 0 Å².